The molecule has 2 aromatic rings. The van der Waals surface area contributed by atoms with Gasteiger partial charge in [0, 0.05) is 4.47 Å². The van der Waals surface area contributed by atoms with Crippen LogP contribution in [0.4, 0.5) is 5.69 Å². The minimum absolute atomic E-state index is 0.0124. The van der Waals surface area contributed by atoms with Gasteiger partial charge in [0.1, 0.15) is 6.04 Å². The summed E-state index contributed by atoms with van der Waals surface area (Å²) in [6.07, 6.45) is -0.243. The molecule has 1 heterocycles. The first-order chi connectivity index (χ1) is 16.3. The molecule has 2 aromatic carbocycles. The molecule has 0 spiro atoms. The van der Waals surface area contributed by atoms with Crippen LogP contribution in [0.5, 0.6) is 0 Å². The zero-order valence-corrected chi connectivity index (χ0v) is 20.0. The first kappa shape index (κ1) is 25.1. The van der Waals surface area contributed by atoms with E-state index in [9.17, 15) is 24.0 Å². The predicted molar refractivity (Wildman–Crippen MR) is 124 cm³/mol. The quantitative estimate of drug-likeness (QED) is 0.301. The van der Waals surface area contributed by atoms with Crippen molar-refractivity contribution in [2.75, 3.05) is 18.1 Å². The number of anilines is 1. The summed E-state index contributed by atoms with van der Waals surface area (Å²) in [4.78, 5) is 63.5. The van der Waals surface area contributed by atoms with Crippen molar-refractivity contribution in [3.05, 3.63) is 63.6 Å². The van der Waals surface area contributed by atoms with Crippen LogP contribution in [-0.4, -0.2) is 48.9 Å². The number of hydrazine groups is 1. The minimum Gasteiger partial charge on any atom is -0.462 e. The zero-order chi connectivity index (χ0) is 24.8. The van der Waals surface area contributed by atoms with Gasteiger partial charge in [0.2, 0.25) is 5.91 Å². The number of carbonyl (C=O) groups is 5. The van der Waals surface area contributed by atoms with E-state index in [4.69, 9.17) is 9.47 Å². The van der Waals surface area contributed by atoms with E-state index in [0.717, 1.165) is 4.90 Å². The number of nitrogens with zero attached hydrogens (tertiary/aromatic N) is 1. The molecule has 178 valence electrons. The normalized spacial score (nSPS) is 15.3. The Balaban J connectivity index is 1.83. The van der Waals surface area contributed by atoms with Crippen LogP contribution in [0.1, 0.15) is 51.3 Å². The molecule has 10 nitrogen and oxygen atoms in total. The first-order valence-corrected chi connectivity index (χ1v) is 11.2. The number of halogens is 1. The lowest BCUT2D eigenvalue weighted by molar-refractivity contribution is -0.121. The van der Waals surface area contributed by atoms with Crippen molar-refractivity contribution in [1.82, 2.24) is 10.9 Å². The van der Waals surface area contributed by atoms with Crippen LogP contribution in [0.3, 0.4) is 0 Å². The van der Waals surface area contributed by atoms with Crippen molar-refractivity contribution in [2.24, 2.45) is 0 Å². The lowest BCUT2D eigenvalue weighted by Gasteiger charge is -2.18. The van der Waals surface area contributed by atoms with Gasteiger partial charge >= 0.3 is 11.9 Å². The summed E-state index contributed by atoms with van der Waals surface area (Å²) in [5, 5.41) is 0. The van der Waals surface area contributed by atoms with Crippen molar-refractivity contribution in [3.8, 4) is 0 Å². The first-order valence-electron chi connectivity index (χ1n) is 10.4. The largest absolute Gasteiger partial charge is 0.462 e. The van der Waals surface area contributed by atoms with Gasteiger partial charge in [0.05, 0.1) is 42.0 Å². The lowest BCUT2D eigenvalue weighted by atomic mass is 10.1. The predicted octanol–water partition coefficient (Wildman–Crippen LogP) is 2.37. The summed E-state index contributed by atoms with van der Waals surface area (Å²) < 4.78 is 10.5. The van der Waals surface area contributed by atoms with Crippen LogP contribution in [-0.2, 0) is 19.1 Å². The van der Waals surface area contributed by atoms with Crippen molar-refractivity contribution in [3.63, 3.8) is 0 Å². The third-order valence-corrected chi connectivity index (χ3v) is 5.51. The molecule has 1 fully saturated rings. The molecular weight excluding hydrogens is 510 g/mol. The van der Waals surface area contributed by atoms with Gasteiger partial charge in [-0.3, -0.25) is 19.8 Å². The van der Waals surface area contributed by atoms with Gasteiger partial charge in [-0.1, -0.05) is 12.1 Å². The molecule has 1 atom stereocenters. The van der Waals surface area contributed by atoms with Gasteiger partial charge in [-0.2, -0.15) is 0 Å². The highest BCUT2D eigenvalue weighted by Gasteiger charge is 2.40. The molecule has 0 aliphatic carbocycles. The highest BCUT2D eigenvalue weighted by molar-refractivity contribution is 9.10. The fraction of sp³-hybridized carbons (Fsp3) is 0.261. The Morgan fingerprint density at radius 3 is 2.15 bits per heavy atom. The molecule has 1 aliphatic heterocycles. The number of hydrogen-bond donors (Lipinski definition) is 2. The summed E-state index contributed by atoms with van der Waals surface area (Å²) in [7, 11) is 0. The average Bonchev–Trinajstić information content (AvgIpc) is 3.10. The molecule has 2 N–H and O–H groups in total. The van der Waals surface area contributed by atoms with Crippen LogP contribution in [0, 0.1) is 0 Å². The zero-order valence-electron chi connectivity index (χ0n) is 18.4. The van der Waals surface area contributed by atoms with Crippen LogP contribution in [0.15, 0.2) is 46.9 Å². The number of ether oxygens (including phenoxy) is 2. The maximum atomic E-state index is 13.0. The molecule has 1 aliphatic rings. The Bertz CT molecular complexity index is 1110. The maximum absolute atomic E-state index is 13.0. The number of nitrogens with one attached hydrogen (secondary N) is 2. The van der Waals surface area contributed by atoms with Crippen molar-refractivity contribution in [2.45, 2.75) is 26.3 Å². The van der Waals surface area contributed by atoms with Gasteiger partial charge in [-0.15, -0.1) is 0 Å². The van der Waals surface area contributed by atoms with E-state index >= 15 is 0 Å². The number of benzene rings is 2. The number of rotatable bonds is 8. The van der Waals surface area contributed by atoms with E-state index in [1.165, 1.54) is 18.2 Å². The fourth-order valence-corrected chi connectivity index (χ4v) is 3.75. The third-order valence-electron chi connectivity index (χ3n) is 4.82. The van der Waals surface area contributed by atoms with Crippen LogP contribution in [0.25, 0.3) is 0 Å². The van der Waals surface area contributed by atoms with E-state index in [1.54, 1.807) is 38.1 Å². The van der Waals surface area contributed by atoms with Crippen molar-refractivity contribution < 1.29 is 33.4 Å². The molecule has 1 saturated heterocycles. The molecule has 0 bridgehead atoms. The maximum Gasteiger partial charge on any atom is 0.338 e. The van der Waals surface area contributed by atoms with Gasteiger partial charge < -0.3 is 9.47 Å². The van der Waals surface area contributed by atoms with E-state index in [2.05, 4.69) is 26.8 Å². The van der Waals surface area contributed by atoms with Gasteiger partial charge in [-0.05, 0) is 60.1 Å². The summed E-state index contributed by atoms with van der Waals surface area (Å²) in [6.45, 7) is 3.45. The number of esters is 2. The van der Waals surface area contributed by atoms with Gasteiger partial charge in [0.25, 0.3) is 11.8 Å². The van der Waals surface area contributed by atoms with Gasteiger partial charge in [-0.25, -0.2) is 19.9 Å². The van der Waals surface area contributed by atoms with Crippen LogP contribution >= 0.6 is 15.9 Å². The highest BCUT2D eigenvalue weighted by Crippen LogP contribution is 2.26. The van der Waals surface area contributed by atoms with Crippen LogP contribution < -0.4 is 15.8 Å². The lowest BCUT2D eigenvalue weighted by Crippen LogP contribution is -2.48. The number of carbonyl (C=O) groups excluding carboxylic acids is 5. The number of imide groups is 1. The third kappa shape index (κ3) is 5.49. The summed E-state index contributed by atoms with van der Waals surface area (Å²) in [6, 6.07) is 9.53. The Kier molecular flexibility index (Phi) is 8.13. The van der Waals surface area contributed by atoms with E-state index in [1.807, 2.05) is 0 Å². The Hall–Kier alpha value is -3.57. The molecular formula is C23H22BrN3O7. The van der Waals surface area contributed by atoms with Crippen molar-refractivity contribution in [1.29, 1.82) is 0 Å². The summed E-state index contributed by atoms with van der Waals surface area (Å²) in [5.74, 6) is -3.17. The van der Waals surface area contributed by atoms with Gasteiger partial charge in [0.15, 0.2) is 0 Å². The Morgan fingerprint density at radius 2 is 1.59 bits per heavy atom. The Morgan fingerprint density at radius 1 is 1.00 bits per heavy atom. The average molecular weight is 532 g/mol. The molecule has 3 amide bonds. The molecule has 3 rings (SSSR count). The highest BCUT2D eigenvalue weighted by atomic mass is 79.9. The summed E-state index contributed by atoms with van der Waals surface area (Å²) >= 11 is 3.28. The second-order valence-electron chi connectivity index (χ2n) is 7.11. The fourth-order valence-electron chi connectivity index (χ4n) is 3.29. The second-order valence-corrected chi connectivity index (χ2v) is 7.97. The standard InChI is InChI=1S/C23H22BrN3O7/c1-3-33-22(31)13-9-14(23(32)34-4-2)11-15(10-13)27-19(28)12-18(21(27)30)25-26-20(29)16-7-5-6-8-17(16)24/h5-11,18,25H,3-4,12H2,1-2H3,(H,26,29)/t18-/m1/s1. The van der Waals surface area contributed by atoms with E-state index in [0.29, 0.717) is 10.0 Å². The molecule has 0 radical (unpaired) electrons. The number of amides is 3. The SMILES string of the molecule is CCOC(=O)c1cc(C(=O)OCC)cc(N2C(=O)C[C@@H](NNC(=O)c3ccccc3Br)C2=O)c1. The monoisotopic (exact) mass is 531 g/mol. The smallest absolute Gasteiger partial charge is 0.338 e. The molecule has 34 heavy (non-hydrogen) atoms. The topological polar surface area (TPSA) is 131 Å². The van der Waals surface area contributed by atoms with Crippen LogP contribution in [0.2, 0.25) is 0 Å². The second kappa shape index (κ2) is 11.0. The molecule has 0 aromatic heterocycles. The van der Waals surface area contributed by atoms with E-state index in [-0.39, 0.29) is 36.4 Å². The van der Waals surface area contributed by atoms with Crippen molar-refractivity contribution >= 4 is 51.3 Å². The summed E-state index contributed by atoms with van der Waals surface area (Å²) in [5.41, 5.74) is 5.35. The molecule has 0 saturated carbocycles. The molecule has 11 heteroatoms. The minimum atomic E-state index is -1.05. The number of hydrogen-bond acceptors (Lipinski definition) is 8. The molecule has 0 unspecified atom stereocenters. The Labute approximate surface area is 203 Å². The van der Waals surface area contributed by atoms with E-state index < -0.39 is 35.7 Å².